The molecule has 0 aromatic heterocycles. The largest absolute Gasteiger partial charge is 0.376 e. The summed E-state index contributed by atoms with van der Waals surface area (Å²) in [5, 5.41) is 13.0. The fourth-order valence-electron chi connectivity index (χ4n) is 2.00. The highest BCUT2D eigenvalue weighted by molar-refractivity contribution is 5.31. The molecule has 116 valence electrons. The van der Waals surface area contributed by atoms with Crippen molar-refractivity contribution in [2.75, 3.05) is 26.4 Å². The lowest BCUT2D eigenvalue weighted by atomic mass is 9.92. The summed E-state index contributed by atoms with van der Waals surface area (Å²) in [5.74, 6) is 0. The van der Waals surface area contributed by atoms with Crippen LogP contribution >= 0.6 is 0 Å². The molecule has 1 aromatic rings. The highest BCUT2D eigenvalue weighted by Crippen LogP contribution is 2.21. The van der Waals surface area contributed by atoms with Crippen LogP contribution in [0.5, 0.6) is 0 Å². The maximum absolute atomic E-state index is 9.68. The van der Waals surface area contributed by atoms with Crippen molar-refractivity contribution in [1.82, 2.24) is 5.32 Å². The average molecular weight is 290 g/mol. The molecule has 0 aliphatic carbocycles. The van der Waals surface area contributed by atoms with Gasteiger partial charge in [-0.1, -0.05) is 37.3 Å². The Balaban J connectivity index is 2.66. The first-order valence-electron chi connectivity index (χ1n) is 7.55. The van der Waals surface area contributed by atoms with Gasteiger partial charge in [-0.15, -0.1) is 0 Å². The van der Waals surface area contributed by atoms with Crippen LogP contribution in [0.3, 0.4) is 0 Å². The van der Waals surface area contributed by atoms with Gasteiger partial charge in [0.05, 0.1) is 32.0 Å². The van der Waals surface area contributed by atoms with E-state index in [1.54, 1.807) is 0 Å². The second-order valence-electron chi connectivity index (χ2n) is 5.28. The minimum atomic E-state index is -0.797. The molecular formula is C17H26N2O2. The molecule has 0 bridgehead atoms. The summed E-state index contributed by atoms with van der Waals surface area (Å²) in [6, 6.07) is 12.1. The summed E-state index contributed by atoms with van der Waals surface area (Å²) < 4.78 is 11.1. The number of rotatable bonds is 10. The standard InChI is InChI=1S/C17H26N2O2/c1-4-10-19-17(13-18,16-8-6-5-7-9-16)14-20-11-12-21-15(2)3/h5-9,15,19H,4,10-12,14H2,1-3H3. The Bertz CT molecular complexity index is 428. The van der Waals surface area contributed by atoms with Crippen molar-refractivity contribution in [3.05, 3.63) is 35.9 Å². The van der Waals surface area contributed by atoms with Gasteiger partial charge in [0.1, 0.15) is 0 Å². The van der Waals surface area contributed by atoms with Gasteiger partial charge in [0.2, 0.25) is 0 Å². The van der Waals surface area contributed by atoms with Crippen LogP contribution in [0.1, 0.15) is 32.8 Å². The molecule has 0 radical (unpaired) electrons. The van der Waals surface area contributed by atoms with Crippen LogP contribution in [-0.4, -0.2) is 32.5 Å². The minimum absolute atomic E-state index is 0.196. The number of nitrogens with zero attached hydrogens (tertiary/aromatic N) is 1. The first-order valence-corrected chi connectivity index (χ1v) is 7.55. The third kappa shape index (κ3) is 5.84. The van der Waals surface area contributed by atoms with Gasteiger partial charge in [-0.05, 0) is 32.4 Å². The molecule has 0 aliphatic rings. The van der Waals surface area contributed by atoms with Gasteiger partial charge >= 0.3 is 0 Å². The van der Waals surface area contributed by atoms with Crippen molar-refractivity contribution in [2.24, 2.45) is 0 Å². The molecule has 0 fully saturated rings. The second kappa shape index (κ2) is 9.51. The van der Waals surface area contributed by atoms with Crippen LogP contribution in [0.2, 0.25) is 0 Å². The number of benzene rings is 1. The molecule has 0 amide bonds. The van der Waals surface area contributed by atoms with Crippen molar-refractivity contribution in [3.63, 3.8) is 0 Å². The number of nitrogens with one attached hydrogen (secondary N) is 1. The Morgan fingerprint density at radius 1 is 1.24 bits per heavy atom. The van der Waals surface area contributed by atoms with Crippen molar-refractivity contribution in [3.8, 4) is 6.07 Å². The third-order valence-corrected chi connectivity index (χ3v) is 3.13. The average Bonchev–Trinajstić information content (AvgIpc) is 2.51. The molecular weight excluding hydrogens is 264 g/mol. The van der Waals surface area contributed by atoms with Crippen LogP contribution in [-0.2, 0) is 15.0 Å². The van der Waals surface area contributed by atoms with E-state index in [0.717, 1.165) is 18.5 Å². The van der Waals surface area contributed by atoms with Gasteiger partial charge in [0.15, 0.2) is 5.54 Å². The Kier molecular flexibility index (Phi) is 7.99. The zero-order valence-corrected chi connectivity index (χ0v) is 13.3. The summed E-state index contributed by atoms with van der Waals surface area (Å²) in [4.78, 5) is 0. The molecule has 4 nitrogen and oxygen atoms in total. The number of nitriles is 1. The maximum atomic E-state index is 9.68. The molecule has 0 aliphatic heterocycles. The van der Waals surface area contributed by atoms with E-state index >= 15 is 0 Å². The monoisotopic (exact) mass is 290 g/mol. The van der Waals surface area contributed by atoms with E-state index in [1.165, 1.54) is 0 Å². The summed E-state index contributed by atoms with van der Waals surface area (Å²) in [7, 11) is 0. The van der Waals surface area contributed by atoms with Crippen LogP contribution in [0.4, 0.5) is 0 Å². The van der Waals surface area contributed by atoms with Gasteiger partial charge in [0, 0.05) is 0 Å². The zero-order chi connectivity index (χ0) is 15.6. The second-order valence-corrected chi connectivity index (χ2v) is 5.28. The number of hydrogen-bond donors (Lipinski definition) is 1. The smallest absolute Gasteiger partial charge is 0.155 e. The fourth-order valence-corrected chi connectivity index (χ4v) is 2.00. The summed E-state index contributed by atoms with van der Waals surface area (Å²) in [6.07, 6.45) is 1.16. The van der Waals surface area contributed by atoms with E-state index in [4.69, 9.17) is 9.47 Å². The topological polar surface area (TPSA) is 54.3 Å². The lowest BCUT2D eigenvalue weighted by Gasteiger charge is -2.28. The molecule has 4 heteroatoms. The van der Waals surface area contributed by atoms with E-state index in [2.05, 4.69) is 18.3 Å². The molecule has 21 heavy (non-hydrogen) atoms. The SMILES string of the molecule is CCCNC(C#N)(COCCOC(C)C)c1ccccc1. The molecule has 0 heterocycles. The third-order valence-electron chi connectivity index (χ3n) is 3.13. The molecule has 1 unspecified atom stereocenters. The number of hydrogen-bond acceptors (Lipinski definition) is 4. The predicted octanol–water partition coefficient (Wildman–Crippen LogP) is 2.85. The predicted molar refractivity (Wildman–Crippen MR) is 83.9 cm³/mol. The number of ether oxygens (including phenoxy) is 2. The Labute approximate surface area is 128 Å². The lowest BCUT2D eigenvalue weighted by Crippen LogP contribution is -2.45. The summed E-state index contributed by atoms with van der Waals surface area (Å²) in [6.45, 7) is 8.18. The minimum Gasteiger partial charge on any atom is -0.376 e. The zero-order valence-electron chi connectivity index (χ0n) is 13.3. The van der Waals surface area contributed by atoms with E-state index in [1.807, 2.05) is 44.2 Å². The Hall–Kier alpha value is -1.41. The molecule has 0 saturated carbocycles. The maximum Gasteiger partial charge on any atom is 0.155 e. The van der Waals surface area contributed by atoms with Crippen LogP contribution in [0.15, 0.2) is 30.3 Å². The van der Waals surface area contributed by atoms with E-state index in [9.17, 15) is 5.26 Å². The van der Waals surface area contributed by atoms with Crippen LogP contribution in [0, 0.1) is 11.3 Å². The van der Waals surface area contributed by atoms with Crippen LogP contribution in [0.25, 0.3) is 0 Å². The van der Waals surface area contributed by atoms with Crippen molar-refractivity contribution < 1.29 is 9.47 Å². The molecule has 0 saturated heterocycles. The van der Waals surface area contributed by atoms with Crippen LogP contribution < -0.4 is 5.32 Å². The molecule has 0 spiro atoms. The van der Waals surface area contributed by atoms with E-state index in [0.29, 0.717) is 19.8 Å². The van der Waals surface area contributed by atoms with Crippen molar-refractivity contribution in [2.45, 2.75) is 38.8 Å². The van der Waals surface area contributed by atoms with Gasteiger partial charge in [-0.25, -0.2) is 0 Å². The quantitative estimate of drug-likeness (QED) is 0.673. The fraction of sp³-hybridized carbons (Fsp3) is 0.588. The Morgan fingerprint density at radius 2 is 1.95 bits per heavy atom. The first kappa shape index (κ1) is 17.6. The van der Waals surface area contributed by atoms with Gasteiger partial charge in [-0.2, -0.15) is 5.26 Å². The first-order chi connectivity index (χ1) is 10.1. The molecule has 1 N–H and O–H groups in total. The van der Waals surface area contributed by atoms with Gasteiger partial charge < -0.3 is 9.47 Å². The molecule has 1 rings (SSSR count). The highest BCUT2D eigenvalue weighted by Gasteiger charge is 2.31. The summed E-state index contributed by atoms with van der Waals surface area (Å²) in [5.41, 5.74) is 0.139. The normalized spacial score (nSPS) is 13.9. The lowest BCUT2D eigenvalue weighted by molar-refractivity contribution is 0.00668. The molecule has 1 atom stereocenters. The Morgan fingerprint density at radius 3 is 2.52 bits per heavy atom. The van der Waals surface area contributed by atoms with Crippen molar-refractivity contribution in [1.29, 1.82) is 5.26 Å². The molecule has 1 aromatic carbocycles. The van der Waals surface area contributed by atoms with E-state index < -0.39 is 5.54 Å². The van der Waals surface area contributed by atoms with Crippen molar-refractivity contribution >= 4 is 0 Å². The van der Waals surface area contributed by atoms with Gasteiger partial charge in [0.25, 0.3) is 0 Å². The highest BCUT2D eigenvalue weighted by atomic mass is 16.5. The van der Waals surface area contributed by atoms with Gasteiger partial charge in [-0.3, -0.25) is 5.32 Å². The van der Waals surface area contributed by atoms with E-state index in [-0.39, 0.29) is 6.10 Å². The summed E-state index contributed by atoms with van der Waals surface area (Å²) >= 11 is 0.